The van der Waals surface area contributed by atoms with Gasteiger partial charge in [-0.2, -0.15) is 0 Å². The van der Waals surface area contributed by atoms with Crippen LogP contribution in [0.15, 0.2) is 0 Å². The third kappa shape index (κ3) is 2.21. The molecule has 1 radical (unpaired) electrons. The molecule has 1 fully saturated rings. The summed E-state index contributed by atoms with van der Waals surface area (Å²) in [5.74, 6) is 0.931. The summed E-state index contributed by atoms with van der Waals surface area (Å²) < 4.78 is 0. The summed E-state index contributed by atoms with van der Waals surface area (Å²) in [6, 6.07) is 0. The zero-order valence-corrected chi connectivity index (χ0v) is 6.70. The third-order valence-corrected chi connectivity index (χ3v) is 1.66. The minimum atomic E-state index is 0. The van der Waals surface area contributed by atoms with Crippen LogP contribution in [0.1, 0.15) is 19.8 Å². The van der Waals surface area contributed by atoms with Gasteiger partial charge in [0.1, 0.15) is 0 Å². The van der Waals surface area contributed by atoms with Gasteiger partial charge < -0.3 is 5.32 Å². The molecule has 8 heavy (non-hydrogen) atoms. The van der Waals surface area contributed by atoms with Crippen molar-refractivity contribution >= 4 is 0 Å². The van der Waals surface area contributed by atoms with Crippen molar-refractivity contribution in [1.82, 2.24) is 0 Å². The molecule has 47 valence electrons. The van der Waals surface area contributed by atoms with Crippen LogP contribution in [0.2, 0.25) is 0 Å². The van der Waals surface area contributed by atoms with E-state index in [0.717, 1.165) is 19.0 Å². The first-order chi connectivity index (χ1) is 3.43. The van der Waals surface area contributed by atoms with E-state index in [2.05, 4.69) is 12.2 Å². The Balaban J connectivity index is 0.000000490. The van der Waals surface area contributed by atoms with Crippen molar-refractivity contribution in [3.8, 4) is 0 Å². The number of hydrogen-bond donors (Lipinski definition) is 0. The predicted molar refractivity (Wildman–Crippen MR) is 31.5 cm³/mol. The second-order valence-electron chi connectivity index (χ2n) is 2.19. The minimum absolute atomic E-state index is 0. The average molecular weight is 149 g/mol. The SMILES string of the molecule is CCC1CC[N-]C1.[V]. The van der Waals surface area contributed by atoms with Crippen molar-refractivity contribution in [2.24, 2.45) is 5.92 Å². The first-order valence-corrected chi connectivity index (χ1v) is 3.06. The first-order valence-electron chi connectivity index (χ1n) is 3.06. The Morgan fingerprint density at radius 2 is 2.38 bits per heavy atom. The van der Waals surface area contributed by atoms with Crippen molar-refractivity contribution in [3.63, 3.8) is 0 Å². The van der Waals surface area contributed by atoms with Gasteiger partial charge in [0.25, 0.3) is 0 Å². The molecule has 1 unspecified atom stereocenters. The van der Waals surface area contributed by atoms with Gasteiger partial charge >= 0.3 is 0 Å². The van der Waals surface area contributed by atoms with E-state index < -0.39 is 0 Å². The number of rotatable bonds is 1. The Kier molecular flexibility index (Phi) is 4.73. The number of nitrogens with zero attached hydrogens (tertiary/aromatic N) is 1. The van der Waals surface area contributed by atoms with Gasteiger partial charge in [0.05, 0.1) is 0 Å². The maximum Gasteiger partial charge on any atom is 0 e. The topological polar surface area (TPSA) is 14.1 Å². The van der Waals surface area contributed by atoms with Crippen molar-refractivity contribution < 1.29 is 18.6 Å². The summed E-state index contributed by atoms with van der Waals surface area (Å²) >= 11 is 0. The zero-order valence-electron chi connectivity index (χ0n) is 5.30. The van der Waals surface area contributed by atoms with Gasteiger partial charge in [0.15, 0.2) is 0 Å². The maximum atomic E-state index is 4.24. The Bertz CT molecular complexity index is 50.5. The summed E-state index contributed by atoms with van der Waals surface area (Å²) in [6.45, 7) is 4.50. The number of hydrogen-bond acceptors (Lipinski definition) is 0. The normalized spacial score (nSPS) is 27.4. The van der Waals surface area contributed by atoms with Crippen LogP contribution in [0.25, 0.3) is 5.32 Å². The average Bonchev–Trinajstić information content (AvgIpc) is 2.14. The van der Waals surface area contributed by atoms with E-state index in [1.807, 2.05) is 0 Å². The van der Waals surface area contributed by atoms with Gasteiger partial charge in [0.2, 0.25) is 0 Å². The van der Waals surface area contributed by atoms with Gasteiger partial charge in [-0.15, -0.1) is 13.1 Å². The molecular weight excluding hydrogens is 137 g/mol. The third-order valence-electron chi connectivity index (χ3n) is 1.66. The fourth-order valence-electron chi connectivity index (χ4n) is 0.972. The van der Waals surface area contributed by atoms with Crippen LogP contribution in [0.4, 0.5) is 0 Å². The molecule has 0 aromatic rings. The minimum Gasteiger partial charge on any atom is -0.662 e. The maximum absolute atomic E-state index is 4.24. The largest absolute Gasteiger partial charge is 0.662 e. The molecule has 1 rings (SSSR count). The van der Waals surface area contributed by atoms with Gasteiger partial charge in [-0.25, -0.2) is 0 Å². The Labute approximate surface area is 63.1 Å². The fraction of sp³-hybridized carbons (Fsp3) is 1.00. The molecular formula is C6H12NV-. The molecule has 0 aromatic carbocycles. The molecule has 2 heteroatoms. The zero-order chi connectivity index (χ0) is 5.11. The van der Waals surface area contributed by atoms with E-state index in [0.29, 0.717) is 0 Å². The molecule has 1 aliphatic rings. The molecule has 0 saturated carbocycles. The molecule has 1 atom stereocenters. The summed E-state index contributed by atoms with van der Waals surface area (Å²) in [4.78, 5) is 0. The summed E-state index contributed by atoms with van der Waals surface area (Å²) in [5, 5.41) is 4.24. The van der Waals surface area contributed by atoms with E-state index in [9.17, 15) is 0 Å². The van der Waals surface area contributed by atoms with Crippen LogP contribution in [0.5, 0.6) is 0 Å². The van der Waals surface area contributed by atoms with Crippen LogP contribution in [0, 0.1) is 5.92 Å². The molecule has 1 nitrogen and oxygen atoms in total. The smallest absolute Gasteiger partial charge is 0 e. The van der Waals surface area contributed by atoms with Gasteiger partial charge in [-0.3, -0.25) is 0 Å². The quantitative estimate of drug-likeness (QED) is 0.539. The molecule has 0 bridgehead atoms. The van der Waals surface area contributed by atoms with E-state index >= 15 is 0 Å². The Morgan fingerprint density at radius 3 is 2.62 bits per heavy atom. The molecule has 0 amide bonds. The van der Waals surface area contributed by atoms with Crippen LogP contribution in [-0.4, -0.2) is 13.1 Å². The second-order valence-corrected chi connectivity index (χ2v) is 2.19. The molecule has 0 N–H and O–H groups in total. The van der Waals surface area contributed by atoms with Crippen molar-refractivity contribution in [1.29, 1.82) is 0 Å². The van der Waals surface area contributed by atoms with E-state index in [1.54, 1.807) is 0 Å². The first kappa shape index (κ1) is 8.54. The van der Waals surface area contributed by atoms with Crippen molar-refractivity contribution in [2.75, 3.05) is 13.1 Å². The van der Waals surface area contributed by atoms with Crippen LogP contribution < -0.4 is 0 Å². The van der Waals surface area contributed by atoms with Gasteiger partial charge in [0, 0.05) is 18.6 Å². The van der Waals surface area contributed by atoms with Crippen molar-refractivity contribution in [3.05, 3.63) is 5.32 Å². The summed E-state index contributed by atoms with van der Waals surface area (Å²) in [5.41, 5.74) is 0. The Morgan fingerprint density at radius 1 is 1.62 bits per heavy atom. The second kappa shape index (κ2) is 4.43. The molecule has 0 spiro atoms. The van der Waals surface area contributed by atoms with E-state index in [-0.39, 0.29) is 18.6 Å². The van der Waals surface area contributed by atoms with Crippen LogP contribution >= 0.6 is 0 Å². The molecule has 0 aliphatic carbocycles. The monoisotopic (exact) mass is 149 g/mol. The molecule has 0 aromatic heterocycles. The van der Waals surface area contributed by atoms with Gasteiger partial charge in [-0.1, -0.05) is 25.7 Å². The van der Waals surface area contributed by atoms with Crippen LogP contribution in [-0.2, 0) is 18.6 Å². The van der Waals surface area contributed by atoms with E-state index in [1.165, 1.54) is 12.8 Å². The Hall–Kier alpha value is 0.544. The predicted octanol–water partition coefficient (Wildman–Crippen LogP) is 1.79. The van der Waals surface area contributed by atoms with Gasteiger partial charge in [-0.05, 0) is 0 Å². The summed E-state index contributed by atoms with van der Waals surface area (Å²) in [7, 11) is 0. The van der Waals surface area contributed by atoms with Crippen LogP contribution in [0.3, 0.4) is 0 Å². The summed E-state index contributed by atoms with van der Waals surface area (Å²) in [6.07, 6.45) is 2.67. The standard InChI is InChI=1S/C6H12N.V/c1-2-6-3-4-7-5-6;/h6H,2-5H2,1H3;/q-1;. The van der Waals surface area contributed by atoms with E-state index in [4.69, 9.17) is 0 Å². The van der Waals surface area contributed by atoms with Crippen molar-refractivity contribution in [2.45, 2.75) is 19.8 Å². The molecule has 1 saturated heterocycles. The molecule has 1 aliphatic heterocycles. The fourth-order valence-corrected chi connectivity index (χ4v) is 0.972. The molecule has 1 heterocycles.